The molecular formula is C24H25N3O4S. The molecule has 2 N–H and O–H groups in total. The average Bonchev–Trinajstić information content (AvgIpc) is 2.76. The number of rotatable bonds is 8. The standard InChI is InChI=1S/C24H25N3O4S/c1-18-9-8-12-20(15-18)27(32(2,30)31)17-23(28)26-22-14-7-6-13-21(22)24(29)25-16-19-10-4-3-5-11-19/h3-15H,16-17H2,1-2H3,(H,25,29)(H,26,28). The Labute approximate surface area is 188 Å². The molecule has 0 fully saturated rings. The molecule has 166 valence electrons. The van der Waals surface area contributed by atoms with Crippen molar-refractivity contribution in [1.29, 1.82) is 0 Å². The van der Waals surface area contributed by atoms with Crippen LogP contribution in [-0.4, -0.2) is 33.0 Å². The van der Waals surface area contributed by atoms with Gasteiger partial charge in [-0.15, -0.1) is 0 Å². The van der Waals surface area contributed by atoms with E-state index in [1.54, 1.807) is 42.5 Å². The van der Waals surface area contributed by atoms with Gasteiger partial charge in [0, 0.05) is 6.54 Å². The van der Waals surface area contributed by atoms with E-state index in [-0.39, 0.29) is 5.91 Å². The second-order valence-corrected chi connectivity index (χ2v) is 9.28. The first-order valence-electron chi connectivity index (χ1n) is 9.99. The van der Waals surface area contributed by atoms with Gasteiger partial charge in [0.2, 0.25) is 15.9 Å². The monoisotopic (exact) mass is 451 g/mol. The third kappa shape index (κ3) is 6.18. The molecule has 0 unspecified atom stereocenters. The largest absolute Gasteiger partial charge is 0.348 e. The normalized spacial score (nSPS) is 10.9. The highest BCUT2D eigenvalue weighted by Crippen LogP contribution is 2.20. The lowest BCUT2D eigenvalue weighted by molar-refractivity contribution is -0.114. The Balaban J connectivity index is 1.74. The molecule has 0 saturated heterocycles. The van der Waals surface area contributed by atoms with Crippen molar-refractivity contribution in [3.05, 3.63) is 95.6 Å². The minimum atomic E-state index is -3.69. The Morgan fingerprint density at radius 1 is 0.906 bits per heavy atom. The molecule has 8 heteroatoms. The van der Waals surface area contributed by atoms with Crippen molar-refractivity contribution in [3.8, 4) is 0 Å². The molecule has 7 nitrogen and oxygen atoms in total. The van der Waals surface area contributed by atoms with Crippen molar-refractivity contribution in [2.75, 3.05) is 22.4 Å². The lowest BCUT2D eigenvalue weighted by Crippen LogP contribution is -2.37. The summed E-state index contributed by atoms with van der Waals surface area (Å²) in [5.41, 5.74) is 2.82. The molecule has 0 bridgehead atoms. The summed E-state index contributed by atoms with van der Waals surface area (Å²) in [6.07, 6.45) is 1.05. The van der Waals surface area contributed by atoms with Gasteiger partial charge >= 0.3 is 0 Å². The minimum absolute atomic E-state index is 0.290. The van der Waals surface area contributed by atoms with Crippen molar-refractivity contribution in [3.63, 3.8) is 0 Å². The van der Waals surface area contributed by atoms with Gasteiger partial charge in [0.1, 0.15) is 6.54 Å². The van der Waals surface area contributed by atoms with Crippen LogP contribution in [0.3, 0.4) is 0 Å². The number of para-hydroxylation sites is 1. The summed E-state index contributed by atoms with van der Waals surface area (Å²) >= 11 is 0. The molecule has 2 amide bonds. The highest BCUT2D eigenvalue weighted by Gasteiger charge is 2.22. The predicted octanol–water partition coefficient (Wildman–Crippen LogP) is 3.33. The Bertz CT molecular complexity index is 1210. The number of carbonyl (C=O) groups is 2. The van der Waals surface area contributed by atoms with Gasteiger partial charge < -0.3 is 10.6 Å². The van der Waals surface area contributed by atoms with E-state index in [1.165, 1.54) is 0 Å². The van der Waals surface area contributed by atoms with Crippen molar-refractivity contribution >= 4 is 33.2 Å². The summed E-state index contributed by atoms with van der Waals surface area (Å²) < 4.78 is 25.7. The number of nitrogens with zero attached hydrogens (tertiary/aromatic N) is 1. The van der Waals surface area contributed by atoms with E-state index in [2.05, 4.69) is 10.6 Å². The lowest BCUT2D eigenvalue weighted by atomic mass is 10.1. The highest BCUT2D eigenvalue weighted by atomic mass is 32.2. The van der Waals surface area contributed by atoms with Crippen LogP contribution in [-0.2, 0) is 21.4 Å². The summed E-state index contributed by atoms with van der Waals surface area (Å²) in [7, 11) is -3.69. The van der Waals surface area contributed by atoms with Crippen LogP contribution in [0.15, 0.2) is 78.9 Å². The first-order valence-corrected chi connectivity index (χ1v) is 11.8. The number of anilines is 2. The summed E-state index contributed by atoms with van der Waals surface area (Å²) in [5, 5.41) is 5.50. The third-order valence-corrected chi connectivity index (χ3v) is 5.86. The van der Waals surface area contributed by atoms with Crippen molar-refractivity contribution in [2.45, 2.75) is 13.5 Å². The number of aryl methyl sites for hydroxylation is 1. The summed E-state index contributed by atoms with van der Waals surface area (Å²) in [4.78, 5) is 25.4. The molecule has 0 aliphatic heterocycles. The molecular weight excluding hydrogens is 426 g/mol. The Morgan fingerprint density at radius 2 is 1.59 bits per heavy atom. The van der Waals surface area contributed by atoms with E-state index in [1.807, 2.05) is 43.3 Å². The first-order chi connectivity index (χ1) is 15.2. The molecule has 0 heterocycles. The number of amides is 2. The maximum atomic E-state index is 12.7. The number of hydrogen-bond donors (Lipinski definition) is 2. The molecule has 0 aliphatic carbocycles. The number of sulfonamides is 1. The van der Waals surface area contributed by atoms with E-state index in [9.17, 15) is 18.0 Å². The van der Waals surface area contributed by atoms with Gasteiger partial charge in [-0.1, -0.05) is 54.6 Å². The lowest BCUT2D eigenvalue weighted by Gasteiger charge is -2.22. The average molecular weight is 452 g/mol. The molecule has 0 atom stereocenters. The number of nitrogens with one attached hydrogen (secondary N) is 2. The van der Waals surface area contributed by atoms with E-state index in [0.29, 0.717) is 23.5 Å². The van der Waals surface area contributed by atoms with E-state index in [0.717, 1.165) is 21.7 Å². The van der Waals surface area contributed by atoms with Gasteiger partial charge in [-0.3, -0.25) is 13.9 Å². The zero-order valence-electron chi connectivity index (χ0n) is 17.9. The quantitative estimate of drug-likeness (QED) is 0.549. The Kier molecular flexibility index (Phi) is 7.27. The number of hydrogen-bond acceptors (Lipinski definition) is 4. The molecule has 3 rings (SSSR count). The summed E-state index contributed by atoms with van der Waals surface area (Å²) in [5.74, 6) is -0.899. The van der Waals surface area contributed by atoms with Crippen molar-refractivity contribution in [1.82, 2.24) is 5.32 Å². The first kappa shape index (κ1) is 23.0. The summed E-state index contributed by atoms with van der Waals surface area (Å²) in [6, 6.07) is 23.0. The van der Waals surface area contributed by atoms with E-state index < -0.39 is 22.5 Å². The van der Waals surface area contributed by atoms with Crippen LogP contribution in [0.5, 0.6) is 0 Å². The van der Waals surface area contributed by atoms with Crippen LogP contribution in [0.4, 0.5) is 11.4 Å². The number of benzene rings is 3. The van der Waals surface area contributed by atoms with Crippen LogP contribution in [0.1, 0.15) is 21.5 Å². The van der Waals surface area contributed by atoms with E-state index in [4.69, 9.17) is 0 Å². The zero-order chi connectivity index (χ0) is 23.1. The molecule has 0 spiro atoms. The summed E-state index contributed by atoms with van der Waals surface area (Å²) in [6.45, 7) is 1.77. The molecule has 3 aromatic carbocycles. The number of carbonyl (C=O) groups excluding carboxylic acids is 2. The maximum Gasteiger partial charge on any atom is 0.253 e. The molecule has 0 radical (unpaired) electrons. The maximum absolute atomic E-state index is 12.7. The van der Waals surface area contributed by atoms with Crippen molar-refractivity contribution in [2.24, 2.45) is 0 Å². The Morgan fingerprint density at radius 3 is 2.28 bits per heavy atom. The van der Waals surface area contributed by atoms with Crippen LogP contribution >= 0.6 is 0 Å². The highest BCUT2D eigenvalue weighted by molar-refractivity contribution is 7.92. The Hall–Kier alpha value is -3.65. The van der Waals surface area contributed by atoms with Gasteiger partial charge in [0.05, 0.1) is 23.2 Å². The molecule has 32 heavy (non-hydrogen) atoms. The van der Waals surface area contributed by atoms with Crippen LogP contribution < -0.4 is 14.9 Å². The van der Waals surface area contributed by atoms with Crippen LogP contribution in [0.25, 0.3) is 0 Å². The van der Waals surface area contributed by atoms with Gasteiger partial charge in [-0.2, -0.15) is 0 Å². The SMILES string of the molecule is Cc1cccc(N(CC(=O)Nc2ccccc2C(=O)NCc2ccccc2)S(C)(=O)=O)c1. The smallest absolute Gasteiger partial charge is 0.253 e. The minimum Gasteiger partial charge on any atom is -0.348 e. The second-order valence-electron chi connectivity index (χ2n) is 7.37. The topological polar surface area (TPSA) is 95.6 Å². The third-order valence-electron chi connectivity index (χ3n) is 4.72. The van der Waals surface area contributed by atoms with Gasteiger partial charge in [0.25, 0.3) is 5.91 Å². The zero-order valence-corrected chi connectivity index (χ0v) is 18.7. The van der Waals surface area contributed by atoms with Crippen LogP contribution in [0, 0.1) is 6.92 Å². The fraction of sp³-hybridized carbons (Fsp3) is 0.167. The molecule has 0 aromatic heterocycles. The molecule has 3 aromatic rings. The molecule has 0 saturated carbocycles. The van der Waals surface area contributed by atoms with Crippen molar-refractivity contribution < 1.29 is 18.0 Å². The fourth-order valence-electron chi connectivity index (χ4n) is 3.17. The van der Waals surface area contributed by atoms with Crippen LogP contribution in [0.2, 0.25) is 0 Å². The van der Waals surface area contributed by atoms with E-state index >= 15 is 0 Å². The van der Waals surface area contributed by atoms with Gasteiger partial charge in [-0.05, 0) is 42.3 Å². The van der Waals surface area contributed by atoms with Gasteiger partial charge in [0.15, 0.2) is 0 Å². The second kappa shape index (κ2) is 10.1. The van der Waals surface area contributed by atoms with Gasteiger partial charge in [-0.25, -0.2) is 8.42 Å². The molecule has 0 aliphatic rings. The predicted molar refractivity (Wildman–Crippen MR) is 126 cm³/mol. The fourth-order valence-corrected chi connectivity index (χ4v) is 4.02.